The van der Waals surface area contributed by atoms with Crippen molar-refractivity contribution in [2.24, 2.45) is 0 Å². The summed E-state index contributed by atoms with van der Waals surface area (Å²) in [4.78, 5) is 4.44. The number of aromatic nitrogens is 1. The van der Waals surface area contributed by atoms with Crippen LogP contribution in [-0.2, 0) is 10.0 Å². The number of rotatable bonds is 4. The monoisotopic (exact) mass is 312 g/mol. The molecule has 0 amide bonds. The summed E-state index contributed by atoms with van der Waals surface area (Å²) in [6.45, 7) is 3.59. The molecule has 6 heteroatoms. The number of nitrogens with zero attached hydrogens (tertiary/aromatic N) is 2. The molecule has 1 aromatic carbocycles. The average Bonchev–Trinajstić information content (AvgIpc) is 2.45. The van der Waals surface area contributed by atoms with Gasteiger partial charge in [-0.3, -0.25) is 4.98 Å². The molecule has 1 heterocycles. The lowest BCUT2D eigenvalue weighted by molar-refractivity contribution is 0.296. The normalized spacial score (nSPS) is 13.1. The van der Waals surface area contributed by atoms with Gasteiger partial charge in [0, 0.05) is 30.0 Å². The Morgan fingerprint density at radius 2 is 1.95 bits per heavy atom. The second-order valence-corrected chi connectivity index (χ2v) is 7.45. The van der Waals surface area contributed by atoms with Crippen LogP contribution in [0.5, 0.6) is 0 Å². The Morgan fingerprint density at radius 1 is 1.25 bits per heavy atom. The third kappa shape index (κ3) is 2.53. The molecule has 0 aliphatic carbocycles. The highest BCUT2D eigenvalue weighted by Crippen LogP contribution is 2.28. The molecule has 2 aromatic rings. The summed E-state index contributed by atoms with van der Waals surface area (Å²) in [5.74, 6) is 0.214. The highest BCUT2D eigenvalue weighted by Gasteiger charge is 2.34. The average molecular weight is 313 g/mol. The summed E-state index contributed by atoms with van der Waals surface area (Å²) < 4.78 is 26.9. The number of hydrogen-bond acceptors (Lipinski definition) is 3. The molecule has 20 heavy (non-hydrogen) atoms. The first kappa shape index (κ1) is 15.2. The molecular formula is C14H17ClN2O2S. The maximum Gasteiger partial charge on any atom is 0.244 e. The largest absolute Gasteiger partial charge is 0.256 e. The van der Waals surface area contributed by atoms with Crippen molar-refractivity contribution < 1.29 is 8.42 Å². The molecule has 0 unspecified atom stereocenters. The van der Waals surface area contributed by atoms with Gasteiger partial charge in [-0.15, -0.1) is 11.6 Å². The molecular weight excluding hydrogens is 296 g/mol. The van der Waals surface area contributed by atoms with E-state index in [2.05, 4.69) is 4.98 Å². The topological polar surface area (TPSA) is 50.3 Å². The third-order valence-electron chi connectivity index (χ3n) is 3.42. The van der Waals surface area contributed by atoms with Crippen molar-refractivity contribution >= 4 is 32.5 Å². The zero-order chi connectivity index (χ0) is 15.0. The van der Waals surface area contributed by atoms with E-state index in [0.717, 1.165) is 0 Å². The number of benzene rings is 1. The predicted molar refractivity (Wildman–Crippen MR) is 81.5 cm³/mol. The molecule has 0 atom stereocenters. The van der Waals surface area contributed by atoms with Gasteiger partial charge in [-0.05, 0) is 38.1 Å². The van der Waals surface area contributed by atoms with Crippen LogP contribution < -0.4 is 0 Å². The lowest BCUT2D eigenvalue weighted by atomic mass is 10.1. The molecule has 0 aliphatic heterocycles. The molecule has 0 fully saturated rings. The maximum absolute atomic E-state index is 12.8. The molecule has 2 rings (SSSR count). The van der Waals surface area contributed by atoms with Gasteiger partial charge in [-0.25, -0.2) is 8.42 Å². The molecule has 0 bridgehead atoms. The molecule has 0 saturated carbocycles. The first-order valence-corrected chi connectivity index (χ1v) is 8.17. The Labute approximate surface area is 124 Å². The fourth-order valence-electron chi connectivity index (χ4n) is 1.86. The van der Waals surface area contributed by atoms with E-state index < -0.39 is 15.6 Å². The van der Waals surface area contributed by atoms with Crippen LogP contribution in [0.2, 0.25) is 0 Å². The fraction of sp³-hybridized carbons (Fsp3) is 0.357. The molecule has 0 N–H and O–H groups in total. The fourth-order valence-corrected chi connectivity index (χ4v) is 3.82. The van der Waals surface area contributed by atoms with Gasteiger partial charge >= 0.3 is 0 Å². The van der Waals surface area contributed by atoms with E-state index in [1.807, 2.05) is 0 Å². The van der Waals surface area contributed by atoms with Gasteiger partial charge in [-0.1, -0.05) is 6.07 Å². The van der Waals surface area contributed by atoms with Crippen molar-refractivity contribution in [2.45, 2.75) is 24.3 Å². The van der Waals surface area contributed by atoms with E-state index in [9.17, 15) is 8.42 Å². The van der Waals surface area contributed by atoms with E-state index in [1.54, 1.807) is 57.4 Å². The second-order valence-electron chi connectivity index (χ2n) is 5.24. The highest BCUT2D eigenvalue weighted by molar-refractivity contribution is 7.89. The molecule has 0 saturated heterocycles. The molecule has 0 spiro atoms. The van der Waals surface area contributed by atoms with Gasteiger partial charge < -0.3 is 0 Å². The van der Waals surface area contributed by atoms with Crippen molar-refractivity contribution in [1.82, 2.24) is 9.29 Å². The van der Waals surface area contributed by atoms with Gasteiger partial charge in [0.25, 0.3) is 0 Å². The summed E-state index contributed by atoms with van der Waals surface area (Å²) in [5, 5.41) is 0.618. The van der Waals surface area contributed by atoms with Gasteiger partial charge in [0.15, 0.2) is 0 Å². The summed E-state index contributed by atoms with van der Waals surface area (Å²) in [5.41, 5.74) is -0.00393. The van der Waals surface area contributed by atoms with Crippen LogP contribution in [-0.4, -0.2) is 36.2 Å². The van der Waals surface area contributed by atoms with Gasteiger partial charge in [0.05, 0.1) is 10.4 Å². The zero-order valence-corrected chi connectivity index (χ0v) is 13.2. The minimum absolute atomic E-state index is 0.214. The Kier molecular flexibility index (Phi) is 4.04. The summed E-state index contributed by atoms with van der Waals surface area (Å²) in [7, 11) is -2.08. The van der Waals surface area contributed by atoms with Crippen LogP contribution in [0.3, 0.4) is 0 Å². The van der Waals surface area contributed by atoms with E-state index in [1.165, 1.54) is 4.31 Å². The van der Waals surface area contributed by atoms with Crippen molar-refractivity contribution in [3.63, 3.8) is 0 Å². The van der Waals surface area contributed by atoms with Gasteiger partial charge in [0.2, 0.25) is 10.0 Å². The third-order valence-corrected chi connectivity index (χ3v) is 6.20. The van der Waals surface area contributed by atoms with Gasteiger partial charge in [0.1, 0.15) is 0 Å². The Morgan fingerprint density at radius 3 is 2.60 bits per heavy atom. The number of hydrogen-bond donors (Lipinski definition) is 0. The predicted octanol–water partition coefficient (Wildman–Crippen LogP) is 2.87. The first-order valence-electron chi connectivity index (χ1n) is 6.19. The Bertz CT molecular complexity index is 724. The first-order chi connectivity index (χ1) is 9.30. The Balaban J connectivity index is 2.64. The van der Waals surface area contributed by atoms with Crippen molar-refractivity contribution in [3.05, 3.63) is 36.5 Å². The van der Waals surface area contributed by atoms with Crippen molar-refractivity contribution in [1.29, 1.82) is 0 Å². The Hall–Kier alpha value is -1.17. The number of pyridine rings is 1. The zero-order valence-electron chi connectivity index (χ0n) is 11.7. The molecule has 0 radical (unpaired) electrons. The summed E-state index contributed by atoms with van der Waals surface area (Å²) >= 11 is 5.88. The van der Waals surface area contributed by atoms with E-state index in [-0.39, 0.29) is 10.8 Å². The molecule has 1 aromatic heterocycles. The maximum atomic E-state index is 12.8. The quantitative estimate of drug-likeness (QED) is 0.816. The smallest absolute Gasteiger partial charge is 0.244 e. The lowest BCUT2D eigenvalue weighted by Crippen LogP contribution is -2.46. The van der Waals surface area contributed by atoms with E-state index in [4.69, 9.17) is 11.6 Å². The minimum atomic E-state index is -3.63. The molecule has 108 valence electrons. The van der Waals surface area contributed by atoms with Crippen LogP contribution in [0.15, 0.2) is 41.4 Å². The van der Waals surface area contributed by atoms with E-state index in [0.29, 0.717) is 10.9 Å². The van der Waals surface area contributed by atoms with Crippen LogP contribution in [0.1, 0.15) is 13.8 Å². The van der Waals surface area contributed by atoms with Crippen molar-refractivity contribution in [3.8, 4) is 0 Å². The summed E-state index contributed by atoms with van der Waals surface area (Å²) in [6, 6.07) is 8.58. The van der Waals surface area contributed by atoms with E-state index >= 15 is 0 Å². The van der Waals surface area contributed by atoms with Crippen LogP contribution in [0, 0.1) is 0 Å². The number of fused-ring (bicyclic) bond motifs is 1. The number of alkyl halides is 1. The van der Waals surface area contributed by atoms with Crippen LogP contribution in [0.4, 0.5) is 0 Å². The standard InChI is InChI=1S/C14H17ClN2O2S/c1-14(2,10-15)17(3)20(18,19)13-8-4-7-12-11(13)6-5-9-16-12/h4-9H,10H2,1-3H3. The SMILES string of the molecule is CN(C(C)(C)CCl)S(=O)(=O)c1cccc2ncccc12. The molecule has 4 nitrogen and oxygen atoms in total. The lowest BCUT2D eigenvalue weighted by Gasteiger charge is -2.33. The summed E-state index contributed by atoms with van der Waals surface area (Å²) in [6.07, 6.45) is 1.64. The van der Waals surface area contributed by atoms with Crippen LogP contribution >= 0.6 is 11.6 Å². The molecule has 0 aliphatic rings. The number of sulfonamides is 1. The highest BCUT2D eigenvalue weighted by atomic mass is 35.5. The van der Waals surface area contributed by atoms with Crippen LogP contribution in [0.25, 0.3) is 10.9 Å². The second kappa shape index (κ2) is 5.31. The van der Waals surface area contributed by atoms with Gasteiger partial charge in [-0.2, -0.15) is 4.31 Å². The van der Waals surface area contributed by atoms with Crippen molar-refractivity contribution in [2.75, 3.05) is 12.9 Å². The number of halogens is 1. The minimum Gasteiger partial charge on any atom is -0.256 e.